The van der Waals surface area contributed by atoms with Crippen LogP contribution >= 0.6 is 24.0 Å². The number of aliphatic imine (C=N–C) groups is 1. The third kappa shape index (κ3) is 7.26. The molecule has 0 spiro atoms. The number of nitrogens with one attached hydrogen (secondary N) is 3. The molecule has 0 aliphatic rings. The SMILES string of the molecule is CN=C(NCC(=O)Nc1cccc(F)c1)NCc1cccc(OC)c1.I. The van der Waals surface area contributed by atoms with Crippen LogP contribution < -0.4 is 20.7 Å². The number of rotatable bonds is 6. The number of guanidine groups is 1. The molecule has 8 heteroatoms. The largest absolute Gasteiger partial charge is 0.497 e. The summed E-state index contributed by atoms with van der Waals surface area (Å²) in [6, 6.07) is 13.4. The highest BCUT2D eigenvalue weighted by atomic mass is 127. The van der Waals surface area contributed by atoms with Crippen molar-refractivity contribution >= 4 is 41.5 Å². The van der Waals surface area contributed by atoms with Gasteiger partial charge in [0.25, 0.3) is 0 Å². The normalized spacial score (nSPS) is 10.5. The lowest BCUT2D eigenvalue weighted by molar-refractivity contribution is -0.115. The molecule has 0 bridgehead atoms. The number of hydrogen-bond donors (Lipinski definition) is 3. The summed E-state index contributed by atoms with van der Waals surface area (Å²) in [6.07, 6.45) is 0. The molecular formula is C18H22FIN4O2. The van der Waals surface area contributed by atoms with E-state index in [0.717, 1.165) is 11.3 Å². The molecule has 0 fully saturated rings. The van der Waals surface area contributed by atoms with Crippen LogP contribution in [0.25, 0.3) is 0 Å². The van der Waals surface area contributed by atoms with E-state index in [1.165, 1.54) is 18.2 Å². The molecule has 0 unspecified atom stereocenters. The van der Waals surface area contributed by atoms with E-state index >= 15 is 0 Å². The van der Waals surface area contributed by atoms with Crippen molar-refractivity contribution in [1.29, 1.82) is 0 Å². The van der Waals surface area contributed by atoms with Crippen molar-refractivity contribution in [2.45, 2.75) is 6.54 Å². The minimum atomic E-state index is -0.401. The summed E-state index contributed by atoms with van der Waals surface area (Å²) >= 11 is 0. The van der Waals surface area contributed by atoms with Crippen molar-refractivity contribution in [2.75, 3.05) is 26.0 Å². The van der Waals surface area contributed by atoms with Crippen LogP contribution in [0.4, 0.5) is 10.1 Å². The summed E-state index contributed by atoms with van der Waals surface area (Å²) in [6.45, 7) is 0.538. The lowest BCUT2D eigenvalue weighted by Gasteiger charge is -2.12. The second-order valence-electron chi connectivity index (χ2n) is 5.19. The number of methoxy groups -OCH3 is 1. The molecule has 1 amide bonds. The minimum absolute atomic E-state index is 0. The standard InChI is InChI=1S/C18H21FN4O2.HI/c1-20-18(21-11-13-5-3-8-16(9-13)25-2)22-12-17(24)23-15-7-4-6-14(19)10-15;/h3-10H,11-12H2,1-2H3,(H,23,24)(H2,20,21,22);1H. The van der Waals surface area contributed by atoms with E-state index in [4.69, 9.17) is 4.74 Å². The van der Waals surface area contributed by atoms with Crippen LogP contribution in [0.1, 0.15) is 5.56 Å². The second-order valence-corrected chi connectivity index (χ2v) is 5.19. The van der Waals surface area contributed by atoms with Crippen LogP contribution in [0.15, 0.2) is 53.5 Å². The molecule has 140 valence electrons. The van der Waals surface area contributed by atoms with Gasteiger partial charge in [-0.25, -0.2) is 4.39 Å². The predicted molar refractivity (Wildman–Crippen MR) is 112 cm³/mol. The van der Waals surface area contributed by atoms with Gasteiger partial charge in [0.2, 0.25) is 5.91 Å². The first-order chi connectivity index (χ1) is 12.1. The summed E-state index contributed by atoms with van der Waals surface area (Å²) in [5.41, 5.74) is 1.43. The number of halogens is 2. The van der Waals surface area contributed by atoms with Crippen LogP contribution in [-0.2, 0) is 11.3 Å². The van der Waals surface area contributed by atoms with E-state index in [0.29, 0.717) is 18.2 Å². The highest BCUT2D eigenvalue weighted by Crippen LogP contribution is 2.12. The summed E-state index contributed by atoms with van der Waals surface area (Å²) in [5.74, 6) is 0.561. The molecule has 0 radical (unpaired) electrons. The number of carbonyl (C=O) groups is 1. The highest BCUT2D eigenvalue weighted by molar-refractivity contribution is 14.0. The quantitative estimate of drug-likeness (QED) is 0.344. The topological polar surface area (TPSA) is 74.8 Å². The number of ether oxygens (including phenoxy) is 1. The molecule has 0 saturated heterocycles. The van der Waals surface area contributed by atoms with Crippen LogP contribution in [0, 0.1) is 5.82 Å². The van der Waals surface area contributed by atoms with Gasteiger partial charge in [0.15, 0.2) is 5.96 Å². The Bertz CT molecular complexity index is 755. The first-order valence-corrected chi connectivity index (χ1v) is 7.73. The molecule has 0 saturated carbocycles. The van der Waals surface area contributed by atoms with Gasteiger partial charge in [-0.2, -0.15) is 0 Å². The maximum atomic E-state index is 13.1. The fourth-order valence-electron chi connectivity index (χ4n) is 2.12. The van der Waals surface area contributed by atoms with Gasteiger partial charge < -0.3 is 20.7 Å². The van der Waals surface area contributed by atoms with Crippen LogP contribution in [-0.4, -0.2) is 32.6 Å². The molecule has 2 aromatic carbocycles. The van der Waals surface area contributed by atoms with Crippen molar-refractivity contribution in [3.05, 3.63) is 59.9 Å². The fourth-order valence-corrected chi connectivity index (χ4v) is 2.12. The average molecular weight is 472 g/mol. The zero-order valence-electron chi connectivity index (χ0n) is 14.6. The fraction of sp³-hybridized carbons (Fsp3) is 0.222. The van der Waals surface area contributed by atoms with Gasteiger partial charge >= 0.3 is 0 Å². The smallest absolute Gasteiger partial charge is 0.243 e. The van der Waals surface area contributed by atoms with Gasteiger partial charge in [-0.1, -0.05) is 18.2 Å². The third-order valence-corrected chi connectivity index (χ3v) is 3.34. The van der Waals surface area contributed by atoms with Crippen molar-refractivity contribution in [3.63, 3.8) is 0 Å². The van der Waals surface area contributed by atoms with E-state index in [9.17, 15) is 9.18 Å². The van der Waals surface area contributed by atoms with Crippen molar-refractivity contribution in [2.24, 2.45) is 4.99 Å². The van der Waals surface area contributed by atoms with Gasteiger partial charge in [-0.15, -0.1) is 24.0 Å². The Labute approximate surface area is 169 Å². The Kier molecular flexibility index (Phi) is 9.42. The zero-order chi connectivity index (χ0) is 18.1. The Morgan fingerprint density at radius 3 is 2.62 bits per heavy atom. The van der Waals surface area contributed by atoms with Crippen molar-refractivity contribution in [1.82, 2.24) is 10.6 Å². The highest BCUT2D eigenvalue weighted by Gasteiger charge is 2.05. The molecule has 26 heavy (non-hydrogen) atoms. The van der Waals surface area contributed by atoms with E-state index < -0.39 is 5.82 Å². The predicted octanol–water partition coefficient (Wildman–Crippen LogP) is 2.76. The minimum Gasteiger partial charge on any atom is -0.497 e. The molecule has 0 atom stereocenters. The molecular weight excluding hydrogens is 450 g/mol. The molecule has 6 nitrogen and oxygen atoms in total. The van der Waals surface area contributed by atoms with Crippen LogP contribution in [0.5, 0.6) is 5.75 Å². The Balaban J connectivity index is 0.00000338. The van der Waals surface area contributed by atoms with Gasteiger partial charge in [0.1, 0.15) is 11.6 Å². The number of anilines is 1. The van der Waals surface area contributed by atoms with Gasteiger partial charge in [0.05, 0.1) is 13.7 Å². The Hall–Kier alpha value is -2.36. The maximum Gasteiger partial charge on any atom is 0.243 e. The van der Waals surface area contributed by atoms with Crippen LogP contribution in [0.2, 0.25) is 0 Å². The number of benzene rings is 2. The summed E-state index contributed by atoms with van der Waals surface area (Å²) < 4.78 is 18.3. The van der Waals surface area contributed by atoms with E-state index in [1.807, 2.05) is 24.3 Å². The van der Waals surface area contributed by atoms with Crippen LogP contribution in [0.3, 0.4) is 0 Å². The molecule has 3 N–H and O–H groups in total. The number of carbonyl (C=O) groups excluding carboxylic acids is 1. The van der Waals surface area contributed by atoms with Crippen molar-refractivity contribution in [3.8, 4) is 5.75 Å². The molecule has 2 rings (SSSR count). The van der Waals surface area contributed by atoms with Crippen molar-refractivity contribution < 1.29 is 13.9 Å². The van der Waals surface area contributed by atoms with Gasteiger partial charge in [-0.3, -0.25) is 9.79 Å². The summed E-state index contributed by atoms with van der Waals surface area (Å²) in [4.78, 5) is 16.0. The first-order valence-electron chi connectivity index (χ1n) is 7.73. The molecule has 0 aromatic heterocycles. The lowest BCUT2D eigenvalue weighted by atomic mass is 10.2. The Morgan fingerprint density at radius 2 is 1.92 bits per heavy atom. The summed E-state index contributed by atoms with van der Waals surface area (Å²) in [5, 5.41) is 8.62. The molecule has 0 heterocycles. The molecule has 0 aliphatic carbocycles. The average Bonchev–Trinajstić information content (AvgIpc) is 2.62. The number of nitrogens with zero attached hydrogens (tertiary/aromatic N) is 1. The van der Waals surface area contributed by atoms with Gasteiger partial charge in [-0.05, 0) is 35.9 Å². The monoisotopic (exact) mass is 472 g/mol. The number of amides is 1. The number of hydrogen-bond acceptors (Lipinski definition) is 3. The Morgan fingerprint density at radius 1 is 1.15 bits per heavy atom. The first kappa shape index (κ1) is 21.7. The molecule has 2 aromatic rings. The van der Waals surface area contributed by atoms with E-state index in [2.05, 4.69) is 20.9 Å². The molecule has 0 aliphatic heterocycles. The van der Waals surface area contributed by atoms with Gasteiger partial charge in [0, 0.05) is 19.3 Å². The maximum absolute atomic E-state index is 13.1. The third-order valence-electron chi connectivity index (χ3n) is 3.34. The summed E-state index contributed by atoms with van der Waals surface area (Å²) in [7, 11) is 3.23. The van der Waals surface area contributed by atoms with E-state index in [-0.39, 0.29) is 36.4 Å². The van der Waals surface area contributed by atoms with E-state index in [1.54, 1.807) is 20.2 Å². The second kappa shape index (κ2) is 11.3. The lowest BCUT2D eigenvalue weighted by Crippen LogP contribution is -2.41. The zero-order valence-corrected chi connectivity index (χ0v) is 16.9.